The van der Waals surface area contributed by atoms with Crippen molar-refractivity contribution in [2.75, 3.05) is 13.1 Å². The second-order valence-corrected chi connectivity index (χ2v) is 13.9. The summed E-state index contributed by atoms with van der Waals surface area (Å²) >= 11 is 0. The van der Waals surface area contributed by atoms with E-state index in [4.69, 9.17) is 13.7 Å². The highest BCUT2D eigenvalue weighted by Gasteiger charge is 2.39. The van der Waals surface area contributed by atoms with Crippen LogP contribution in [0.5, 0.6) is 0 Å². The van der Waals surface area contributed by atoms with Crippen LogP contribution in [-0.2, 0) is 16.0 Å². The Morgan fingerprint density at radius 2 is 1.73 bits per heavy atom. The minimum Gasteiger partial charge on any atom is -0.459 e. The average Bonchev–Trinajstić information content (AvgIpc) is 3.57. The van der Waals surface area contributed by atoms with Crippen LogP contribution in [0.25, 0.3) is 11.0 Å². The van der Waals surface area contributed by atoms with Crippen LogP contribution in [0.4, 0.5) is 4.79 Å². The van der Waals surface area contributed by atoms with Gasteiger partial charge in [-0.1, -0.05) is 65.3 Å². The van der Waals surface area contributed by atoms with Crippen molar-refractivity contribution in [3.63, 3.8) is 0 Å². The van der Waals surface area contributed by atoms with E-state index in [0.29, 0.717) is 13.1 Å². The number of carbonyl (C=O) groups is 2. The first-order valence-electron chi connectivity index (χ1n) is 16.4. The summed E-state index contributed by atoms with van der Waals surface area (Å²) in [5, 5.41) is 11.4. The van der Waals surface area contributed by atoms with E-state index in [1.165, 1.54) is 5.56 Å². The third-order valence-corrected chi connectivity index (χ3v) is 8.77. The molecule has 1 fully saturated rings. The van der Waals surface area contributed by atoms with E-state index in [2.05, 4.69) is 52.7 Å². The van der Waals surface area contributed by atoms with Gasteiger partial charge in [0.15, 0.2) is 0 Å². The van der Waals surface area contributed by atoms with Crippen LogP contribution < -0.4 is 10.6 Å². The van der Waals surface area contributed by atoms with Gasteiger partial charge in [-0.15, -0.1) is 0 Å². The molecule has 6 rings (SSSR count). The first-order chi connectivity index (χ1) is 22.8. The molecule has 250 valence electrons. The van der Waals surface area contributed by atoms with E-state index in [9.17, 15) is 9.59 Å². The Morgan fingerprint density at radius 1 is 0.979 bits per heavy atom. The molecule has 3 aromatic carbocycles. The zero-order chi connectivity index (χ0) is 34.2. The Balaban J connectivity index is 1.21. The summed E-state index contributed by atoms with van der Waals surface area (Å²) < 4.78 is 17.4. The molecule has 0 saturated carbocycles. The fraction of sp³-hybridized carbons (Fsp3) is 0.359. The first kappa shape index (κ1) is 33.0. The van der Waals surface area contributed by atoms with Crippen molar-refractivity contribution >= 4 is 23.0 Å². The Kier molecular flexibility index (Phi) is 9.16. The molecule has 5 aromatic rings. The highest BCUT2D eigenvalue weighted by atomic mass is 16.6. The molecule has 0 spiro atoms. The number of likely N-dealkylation sites (tertiary alicyclic amines) is 1. The number of ether oxygens (including phenoxy) is 1. The molecule has 2 N–H and O–H groups in total. The summed E-state index contributed by atoms with van der Waals surface area (Å²) in [6, 6.07) is 23.8. The minimum absolute atomic E-state index is 0.0549. The van der Waals surface area contributed by atoms with Gasteiger partial charge in [0.2, 0.25) is 5.91 Å². The van der Waals surface area contributed by atoms with Gasteiger partial charge < -0.3 is 24.3 Å². The zero-order valence-corrected chi connectivity index (χ0v) is 28.7. The molecule has 2 aromatic heterocycles. The monoisotopic (exact) mass is 648 g/mol. The summed E-state index contributed by atoms with van der Waals surface area (Å²) in [6.07, 6.45) is -0.201. The van der Waals surface area contributed by atoms with Crippen LogP contribution in [0.2, 0.25) is 0 Å². The second kappa shape index (κ2) is 13.3. The highest BCUT2D eigenvalue weighted by molar-refractivity contribution is 5.83. The molecular weight excluding hydrogens is 604 g/mol. The van der Waals surface area contributed by atoms with Crippen molar-refractivity contribution in [1.29, 1.82) is 0 Å². The Hall–Kier alpha value is -4.89. The molecule has 2 unspecified atom stereocenters. The van der Waals surface area contributed by atoms with E-state index >= 15 is 0 Å². The summed E-state index contributed by atoms with van der Waals surface area (Å²) in [5.74, 6) is 1.40. The van der Waals surface area contributed by atoms with E-state index < -0.39 is 11.7 Å². The molecule has 2 atom stereocenters. The number of amides is 2. The van der Waals surface area contributed by atoms with E-state index in [1.807, 2.05) is 89.2 Å². The number of hydrogen-bond donors (Lipinski definition) is 2. The van der Waals surface area contributed by atoms with Crippen molar-refractivity contribution in [3.8, 4) is 0 Å². The predicted molar refractivity (Wildman–Crippen MR) is 185 cm³/mol. The normalized spacial score (nSPS) is 15.1. The fourth-order valence-electron chi connectivity index (χ4n) is 6.57. The zero-order valence-electron chi connectivity index (χ0n) is 28.7. The second-order valence-electron chi connectivity index (χ2n) is 13.9. The van der Waals surface area contributed by atoms with Crippen molar-refractivity contribution in [3.05, 3.63) is 123 Å². The smallest absolute Gasteiger partial charge is 0.407 e. The van der Waals surface area contributed by atoms with Gasteiger partial charge in [-0.05, 0) is 88.9 Å². The van der Waals surface area contributed by atoms with Crippen LogP contribution in [0.15, 0.2) is 81.7 Å². The summed E-state index contributed by atoms with van der Waals surface area (Å²) in [4.78, 5) is 28.2. The number of alkyl carbamates (subject to hydrolysis) is 1. The van der Waals surface area contributed by atoms with Gasteiger partial charge in [0.1, 0.15) is 22.7 Å². The maximum Gasteiger partial charge on any atom is 0.407 e. The molecule has 9 nitrogen and oxygen atoms in total. The molecule has 0 radical (unpaired) electrons. The van der Waals surface area contributed by atoms with E-state index in [1.54, 1.807) is 0 Å². The first-order valence-corrected chi connectivity index (χ1v) is 16.4. The number of fused-ring (bicyclic) bond motifs is 1. The van der Waals surface area contributed by atoms with Crippen molar-refractivity contribution in [2.45, 2.75) is 78.6 Å². The number of rotatable bonds is 9. The van der Waals surface area contributed by atoms with Gasteiger partial charge in [-0.25, -0.2) is 4.79 Å². The quantitative estimate of drug-likeness (QED) is 0.171. The minimum atomic E-state index is -0.565. The van der Waals surface area contributed by atoms with Crippen molar-refractivity contribution < 1.29 is 23.3 Å². The lowest BCUT2D eigenvalue weighted by molar-refractivity contribution is -0.120. The Bertz CT molecular complexity index is 1910. The SMILES string of the molecule is Cc1ccc(C(NC(=O)Cc2ccc3oc(C(c4c(C)noc4C)N4CC(NC(=O)OC(C)(C)C)C4)cc3c2)c2ccccc2)c(C)c1. The average molecular weight is 649 g/mol. The Labute approximate surface area is 281 Å². The molecule has 2 amide bonds. The molecule has 1 saturated heterocycles. The van der Waals surface area contributed by atoms with Crippen LogP contribution in [0.1, 0.15) is 83.5 Å². The molecule has 1 aliphatic heterocycles. The summed E-state index contributed by atoms with van der Waals surface area (Å²) in [7, 11) is 0. The molecule has 0 aliphatic carbocycles. The van der Waals surface area contributed by atoms with Crippen LogP contribution in [-0.4, -0.2) is 46.8 Å². The van der Waals surface area contributed by atoms with Crippen LogP contribution >= 0.6 is 0 Å². The predicted octanol–water partition coefficient (Wildman–Crippen LogP) is 7.40. The number of nitrogens with one attached hydrogen (secondary N) is 2. The number of aromatic nitrogens is 1. The van der Waals surface area contributed by atoms with Gasteiger partial charge in [-0.3, -0.25) is 9.69 Å². The molecule has 3 heterocycles. The van der Waals surface area contributed by atoms with Crippen LogP contribution in [0, 0.1) is 27.7 Å². The number of hydrogen-bond acceptors (Lipinski definition) is 7. The van der Waals surface area contributed by atoms with Crippen LogP contribution in [0.3, 0.4) is 0 Å². The van der Waals surface area contributed by atoms with Crippen molar-refractivity contribution in [2.24, 2.45) is 0 Å². The Morgan fingerprint density at radius 3 is 2.40 bits per heavy atom. The topological polar surface area (TPSA) is 110 Å². The number of carbonyl (C=O) groups excluding carboxylic acids is 2. The molecule has 1 aliphatic rings. The molecule has 9 heteroatoms. The molecule has 0 bridgehead atoms. The van der Waals surface area contributed by atoms with Gasteiger partial charge in [0.05, 0.1) is 30.2 Å². The summed E-state index contributed by atoms with van der Waals surface area (Å²) in [5.41, 5.74) is 7.22. The number of benzene rings is 3. The largest absolute Gasteiger partial charge is 0.459 e. The number of furan rings is 1. The third-order valence-electron chi connectivity index (χ3n) is 8.77. The highest BCUT2D eigenvalue weighted by Crippen LogP contribution is 2.38. The maximum absolute atomic E-state index is 13.5. The summed E-state index contributed by atoms with van der Waals surface area (Å²) in [6.45, 7) is 14.8. The third kappa shape index (κ3) is 7.31. The van der Waals surface area contributed by atoms with E-state index in [-0.39, 0.29) is 30.5 Å². The van der Waals surface area contributed by atoms with Gasteiger partial charge in [0, 0.05) is 24.0 Å². The molecule has 48 heavy (non-hydrogen) atoms. The van der Waals surface area contributed by atoms with E-state index in [0.717, 1.165) is 56.0 Å². The standard InChI is InChI=1S/C39H44N4O5/c1-23-13-15-31(24(2)17-23)36(28-11-9-8-10-12-28)41-34(44)19-27-14-16-32-29(18-27)20-33(46-32)37(35-25(3)42-48-26(35)4)43-21-30(22-43)40-38(45)47-39(5,6)7/h8-18,20,30,36-37H,19,21-22H2,1-7H3,(H,40,45)(H,41,44). The molecular formula is C39H44N4O5. The van der Waals surface area contributed by atoms with Gasteiger partial charge in [0.25, 0.3) is 0 Å². The van der Waals surface area contributed by atoms with Crippen molar-refractivity contribution in [1.82, 2.24) is 20.7 Å². The lowest BCUT2D eigenvalue weighted by Crippen LogP contribution is -2.60. The lowest BCUT2D eigenvalue weighted by Gasteiger charge is -2.43. The van der Waals surface area contributed by atoms with Gasteiger partial charge in [-0.2, -0.15) is 0 Å². The lowest BCUT2D eigenvalue weighted by atomic mass is 9.93. The maximum atomic E-state index is 13.5. The van der Waals surface area contributed by atoms with Gasteiger partial charge >= 0.3 is 6.09 Å². The fourth-order valence-corrected chi connectivity index (χ4v) is 6.57. The number of aryl methyl sites for hydroxylation is 4. The number of nitrogens with zero attached hydrogens (tertiary/aromatic N) is 2.